The Labute approximate surface area is 213 Å². The Balaban J connectivity index is 1.89. The summed E-state index contributed by atoms with van der Waals surface area (Å²) in [5.41, 5.74) is 1.67. The zero-order chi connectivity index (χ0) is 26.7. The molecule has 0 amide bonds. The minimum atomic E-state index is -1.63. The second-order valence-electron chi connectivity index (χ2n) is 10.6. The van der Waals surface area contributed by atoms with Crippen molar-refractivity contribution in [1.82, 2.24) is 0 Å². The predicted octanol–water partition coefficient (Wildman–Crippen LogP) is 6.36. The van der Waals surface area contributed by atoms with Crippen LogP contribution in [0.4, 0.5) is 8.78 Å². The normalized spacial score (nSPS) is 18.7. The summed E-state index contributed by atoms with van der Waals surface area (Å²) in [6.45, 7) is 8.44. The number of hydrogen-bond acceptors (Lipinski definition) is 5. The van der Waals surface area contributed by atoms with E-state index in [4.69, 9.17) is 9.47 Å². The third kappa shape index (κ3) is 9.84. The SMILES string of the molecule is C=C(C)C(=O)OCC(COC(=O)C(C)(C)CO)CC1CCC(c2ccc(CCC=C(F)F)cc2)CC1. The van der Waals surface area contributed by atoms with Crippen LogP contribution in [0.3, 0.4) is 0 Å². The molecule has 0 bridgehead atoms. The molecule has 1 unspecified atom stereocenters. The van der Waals surface area contributed by atoms with Crippen LogP contribution in [-0.4, -0.2) is 36.9 Å². The Bertz CT molecular complexity index is 895. The summed E-state index contributed by atoms with van der Waals surface area (Å²) >= 11 is 0. The van der Waals surface area contributed by atoms with Gasteiger partial charge in [0.05, 0.1) is 25.2 Å². The first-order valence-electron chi connectivity index (χ1n) is 12.7. The van der Waals surface area contributed by atoms with Gasteiger partial charge in [0.1, 0.15) is 0 Å². The Kier molecular flexibility index (Phi) is 11.8. The number of allylic oxidation sites excluding steroid dienone is 1. The van der Waals surface area contributed by atoms with Gasteiger partial charge in [-0.25, -0.2) is 4.79 Å². The minimum absolute atomic E-state index is 0.129. The Morgan fingerprint density at radius 1 is 1.11 bits per heavy atom. The van der Waals surface area contributed by atoms with E-state index in [1.807, 2.05) is 12.1 Å². The van der Waals surface area contributed by atoms with Crippen molar-refractivity contribution in [3.05, 3.63) is 59.7 Å². The van der Waals surface area contributed by atoms with Gasteiger partial charge in [0, 0.05) is 11.5 Å². The number of aryl methyl sites for hydroxylation is 1. The van der Waals surface area contributed by atoms with E-state index in [0.29, 0.717) is 30.3 Å². The number of halogens is 2. The highest BCUT2D eigenvalue weighted by atomic mass is 19.3. The van der Waals surface area contributed by atoms with Crippen molar-refractivity contribution in [3.8, 4) is 0 Å². The fourth-order valence-corrected chi connectivity index (χ4v) is 4.46. The highest BCUT2D eigenvalue weighted by Crippen LogP contribution is 2.38. The van der Waals surface area contributed by atoms with Gasteiger partial charge in [0.15, 0.2) is 0 Å². The van der Waals surface area contributed by atoms with Crippen LogP contribution in [0.1, 0.15) is 76.3 Å². The van der Waals surface area contributed by atoms with E-state index >= 15 is 0 Å². The van der Waals surface area contributed by atoms with Crippen LogP contribution < -0.4 is 0 Å². The molecular formula is C29H40F2O5. The van der Waals surface area contributed by atoms with E-state index in [2.05, 4.69) is 18.7 Å². The largest absolute Gasteiger partial charge is 0.465 e. The average molecular weight is 507 g/mol. The van der Waals surface area contributed by atoms with Crippen molar-refractivity contribution < 1.29 is 33.0 Å². The van der Waals surface area contributed by atoms with Gasteiger partial charge in [0.2, 0.25) is 0 Å². The van der Waals surface area contributed by atoms with Crippen LogP contribution in [0.15, 0.2) is 48.6 Å². The van der Waals surface area contributed by atoms with Crippen LogP contribution in [0, 0.1) is 17.3 Å². The molecule has 0 radical (unpaired) electrons. The van der Waals surface area contributed by atoms with Crippen molar-refractivity contribution in [1.29, 1.82) is 0 Å². The van der Waals surface area contributed by atoms with E-state index in [-0.39, 0.29) is 25.7 Å². The summed E-state index contributed by atoms with van der Waals surface area (Å²) in [5.74, 6) is -0.169. The van der Waals surface area contributed by atoms with E-state index in [9.17, 15) is 23.5 Å². The maximum atomic E-state index is 12.3. The number of ether oxygens (including phenoxy) is 2. The number of hydrogen-bond donors (Lipinski definition) is 1. The van der Waals surface area contributed by atoms with Crippen molar-refractivity contribution >= 4 is 11.9 Å². The first-order chi connectivity index (χ1) is 17.0. The number of esters is 2. The van der Waals surface area contributed by atoms with Crippen molar-refractivity contribution in [2.75, 3.05) is 19.8 Å². The summed E-state index contributed by atoms with van der Waals surface area (Å²) < 4.78 is 35.3. The number of rotatable bonds is 13. The molecule has 1 aliphatic rings. The zero-order valence-electron chi connectivity index (χ0n) is 21.7. The van der Waals surface area contributed by atoms with E-state index < -0.39 is 23.4 Å². The quantitative estimate of drug-likeness (QED) is 0.249. The topological polar surface area (TPSA) is 72.8 Å². The van der Waals surface area contributed by atoms with Crippen molar-refractivity contribution in [2.45, 2.75) is 71.6 Å². The molecule has 2 rings (SSSR count). The highest BCUT2D eigenvalue weighted by molar-refractivity contribution is 5.86. The van der Waals surface area contributed by atoms with E-state index in [1.165, 1.54) is 5.56 Å². The first-order valence-corrected chi connectivity index (χ1v) is 12.7. The summed E-state index contributed by atoms with van der Waals surface area (Å²) in [6.07, 6.45) is 5.15. The average Bonchev–Trinajstić information content (AvgIpc) is 2.85. The van der Waals surface area contributed by atoms with Crippen molar-refractivity contribution in [3.63, 3.8) is 0 Å². The van der Waals surface area contributed by atoms with Gasteiger partial charge < -0.3 is 14.6 Å². The van der Waals surface area contributed by atoms with Gasteiger partial charge in [-0.1, -0.05) is 30.8 Å². The Morgan fingerprint density at radius 3 is 2.28 bits per heavy atom. The Morgan fingerprint density at radius 2 is 1.72 bits per heavy atom. The molecule has 36 heavy (non-hydrogen) atoms. The monoisotopic (exact) mass is 506 g/mol. The number of carbonyl (C=O) groups excluding carboxylic acids is 2. The van der Waals surface area contributed by atoms with Crippen LogP contribution in [0.2, 0.25) is 0 Å². The van der Waals surface area contributed by atoms with Gasteiger partial charge >= 0.3 is 11.9 Å². The second kappa shape index (κ2) is 14.3. The molecule has 1 atom stereocenters. The molecule has 200 valence electrons. The summed E-state index contributed by atoms with van der Waals surface area (Å²) in [7, 11) is 0. The number of benzene rings is 1. The smallest absolute Gasteiger partial charge is 0.333 e. The molecule has 0 aromatic heterocycles. The molecule has 7 heteroatoms. The van der Waals surface area contributed by atoms with E-state index in [0.717, 1.165) is 43.7 Å². The molecule has 0 heterocycles. The summed E-state index contributed by atoms with van der Waals surface area (Å²) in [5, 5.41) is 9.41. The summed E-state index contributed by atoms with van der Waals surface area (Å²) in [6, 6.07) is 8.27. The highest BCUT2D eigenvalue weighted by Gasteiger charge is 2.31. The lowest BCUT2D eigenvalue weighted by Crippen LogP contribution is -2.33. The molecule has 0 saturated heterocycles. The third-order valence-electron chi connectivity index (χ3n) is 6.89. The summed E-state index contributed by atoms with van der Waals surface area (Å²) in [4.78, 5) is 24.2. The molecular weight excluding hydrogens is 466 g/mol. The Hall–Kier alpha value is -2.54. The lowest BCUT2D eigenvalue weighted by atomic mass is 9.75. The minimum Gasteiger partial charge on any atom is -0.465 e. The van der Waals surface area contributed by atoms with Gasteiger partial charge in [-0.05, 0) is 94.8 Å². The van der Waals surface area contributed by atoms with Gasteiger partial charge in [-0.15, -0.1) is 0 Å². The molecule has 5 nitrogen and oxygen atoms in total. The zero-order valence-corrected chi connectivity index (χ0v) is 21.7. The standard InChI is InChI=1S/C29H40F2O5/c1-20(2)27(33)35-17-23(18-36-28(34)29(3,4)19-32)16-22-10-14-25(15-11-22)24-12-8-21(9-13-24)6-5-7-26(30)31/h7-9,12-13,22-23,25,32H,1,5-6,10-11,14-19H2,2-4H3. The molecule has 0 spiro atoms. The maximum absolute atomic E-state index is 12.3. The lowest BCUT2D eigenvalue weighted by Gasteiger charge is -2.31. The van der Waals surface area contributed by atoms with Gasteiger partial charge in [-0.2, -0.15) is 8.78 Å². The fourth-order valence-electron chi connectivity index (χ4n) is 4.46. The van der Waals surface area contributed by atoms with Crippen molar-refractivity contribution in [2.24, 2.45) is 17.3 Å². The second-order valence-corrected chi connectivity index (χ2v) is 10.6. The van der Waals surface area contributed by atoms with E-state index in [1.54, 1.807) is 20.8 Å². The lowest BCUT2D eigenvalue weighted by molar-refractivity contribution is -0.158. The van der Waals surface area contributed by atoms with Crippen LogP contribution in [0.25, 0.3) is 0 Å². The molecule has 1 aromatic carbocycles. The van der Waals surface area contributed by atoms with Gasteiger partial charge in [0.25, 0.3) is 6.08 Å². The molecule has 1 saturated carbocycles. The molecule has 1 aliphatic carbocycles. The molecule has 1 fully saturated rings. The molecule has 1 aromatic rings. The third-order valence-corrected chi connectivity index (χ3v) is 6.89. The number of carbonyl (C=O) groups is 2. The van der Waals surface area contributed by atoms with Crippen LogP contribution in [0.5, 0.6) is 0 Å². The molecule has 0 aliphatic heterocycles. The van der Waals surface area contributed by atoms with Crippen LogP contribution >= 0.6 is 0 Å². The predicted molar refractivity (Wildman–Crippen MR) is 135 cm³/mol. The maximum Gasteiger partial charge on any atom is 0.333 e. The number of aliphatic hydroxyl groups excluding tert-OH is 1. The fraction of sp³-hybridized carbons (Fsp3) is 0.586. The van der Waals surface area contributed by atoms with Crippen LogP contribution in [-0.2, 0) is 25.5 Å². The first kappa shape index (κ1) is 29.7. The van der Waals surface area contributed by atoms with Gasteiger partial charge in [-0.3, -0.25) is 4.79 Å². The number of aliphatic hydroxyl groups is 1. The molecule has 1 N–H and O–H groups in total.